The predicted octanol–water partition coefficient (Wildman–Crippen LogP) is 1.38. The molecule has 8 nitrogen and oxygen atoms in total. The topological polar surface area (TPSA) is 118 Å². The molecule has 0 unspecified atom stereocenters. The molecule has 0 radical (unpaired) electrons. The molecule has 0 aromatic heterocycles. The fourth-order valence-corrected chi connectivity index (χ4v) is 1.67. The zero-order valence-electron chi connectivity index (χ0n) is 14.2. The van der Waals surface area contributed by atoms with Crippen molar-refractivity contribution in [2.24, 2.45) is 0 Å². The number of carbonyl (C=O) groups is 3. The Balaban J connectivity index is 2.61. The van der Waals surface area contributed by atoms with Gasteiger partial charge in [-0.1, -0.05) is 12.1 Å². The first-order chi connectivity index (χ1) is 11.8. The molecule has 2 N–H and O–H groups in total. The Labute approximate surface area is 145 Å². The van der Waals surface area contributed by atoms with E-state index in [1.54, 1.807) is 44.2 Å². The van der Waals surface area contributed by atoms with Crippen LogP contribution in [0.4, 0.5) is 4.79 Å². The van der Waals surface area contributed by atoms with E-state index in [1.165, 1.54) is 13.2 Å². The summed E-state index contributed by atoms with van der Waals surface area (Å²) < 4.78 is 9.75. The molecule has 3 amide bonds. The number of nitrogens with one attached hydrogen (secondary N) is 2. The number of imide groups is 1. The molecule has 1 rings (SSSR count). The number of nitrogens with zero attached hydrogens (tertiary/aromatic N) is 1. The van der Waals surface area contributed by atoms with Gasteiger partial charge in [-0.15, -0.1) is 0 Å². The number of carbonyl (C=O) groups excluding carboxylic acids is 3. The minimum Gasteiger partial charge on any atom is -0.497 e. The highest BCUT2D eigenvalue weighted by atomic mass is 16.5. The Hall–Kier alpha value is -3.34. The minimum absolute atomic E-state index is 0.145. The third kappa shape index (κ3) is 7.18. The Bertz CT molecular complexity index is 702. The van der Waals surface area contributed by atoms with Crippen molar-refractivity contribution in [3.8, 4) is 11.8 Å². The van der Waals surface area contributed by atoms with Crippen LogP contribution in [0.15, 0.2) is 29.8 Å². The summed E-state index contributed by atoms with van der Waals surface area (Å²) in [5, 5.41) is 13.5. The van der Waals surface area contributed by atoms with Gasteiger partial charge < -0.3 is 14.8 Å². The van der Waals surface area contributed by atoms with Gasteiger partial charge in [0.05, 0.1) is 7.11 Å². The molecule has 0 saturated heterocycles. The molecule has 0 atom stereocenters. The van der Waals surface area contributed by atoms with Crippen LogP contribution in [-0.2, 0) is 14.3 Å². The molecule has 0 saturated carbocycles. The van der Waals surface area contributed by atoms with Crippen LogP contribution in [0.25, 0.3) is 6.08 Å². The second kappa shape index (κ2) is 9.72. The van der Waals surface area contributed by atoms with Crippen LogP contribution in [0.1, 0.15) is 19.4 Å². The summed E-state index contributed by atoms with van der Waals surface area (Å²) in [6.07, 6.45) is 1.32. The van der Waals surface area contributed by atoms with E-state index >= 15 is 0 Å². The second-order valence-corrected chi connectivity index (χ2v) is 5.20. The number of rotatable bonds is 6. The van der Waals surface area contributed by atoms with Crippen LogP contribution >= 0.6 is 0 Å². The average molecular weight is 345 g/mol. The standard InChI is InChI=1S/C17H19N3O5/c1-11(2)19-17(23)20-15(21)10-25-16(22)13(9-18)8-12-4-6-14(24-3)7-5-12/h4-8,11H,10H2,1-3H3,(H2,19,20,21,23)/b13-8+. The van der Waals surface area contributed by atoms with E-state index < -0.39 is 24.5 Å². The maximum absolute atomic E-state index is 11.9. The summed E-state index contributed by atoms with van der Waals surface area (Å²) in [6, 6.07) is 7.54. The molecule has 0 fully saturated rings. The first-order valence-corrected chi connectivity index (χ1v) is 7.39. The van der Waals surface area contributed by atoms with Gasteiger partial charge in [-0.2, -0.15) is 5.26 Å². The van der Waals surface area contributed by atoms with Crippen LogP contribution in [0.2, 0.25) is 0 Å². The van der Waals surface area contributed by atoms with Crippen LogP contribution in [0.5, 0.6) is 5.75 Å². The van der Waals surface area contributed by atoms with Gasteiger partial charge in [-0.3, -0.25) is 10.1 Å². The zero-order chi connectivity index (χ0) is 18.8. The monoisotopic (exact) mass is 345 g/mol. The van der Waals surface area contributed by atoms with Gasteiger partial charge in [-0.25, -0.2) is 9.59 Å². The van der Waals surface area contributed by atoms with Crippen molar-refractivity contribution >= 4 is 24.0 Å². The van der Waals surface area contributed by atoms with Crippen molar-refractivity contribution in [3.63, 3.8) is 0 Å². The van der Waals surface area contributed by atoms with Crippen LogP contribution < -0.4 is 15.4 Å². The maximum Gasteiger partial charge on any atom is 0.349 e. The number of benzene rings is 1. The average Bonchev–Trinajstić information content (AvgIpc) is 2.57. The van der Waals surface area contributed by atoms with Crippen molar-refractivity contribution < 1.29 is 23.9 Å². The number of urea groups is 1. The number of nitriles is 1. The van der Waals surface area contributed by atoms with Crippen molar-refractivity contribution in [1.29, 1.82) is 5.26 Å². The molecule has 0 spiro atoms. The minimum atomic E-state index is -0.960. The van der Waals surface area contributed by atoms with Gasteiger partial charge in [0.1, 0.15) is 17.4 Å². The first-order valence-electron chi connectivity index (χ1n) is 7.39. The molecule has 0 aliphatic carbocycles. The number of methoxy groups -OCH3 is 1. The molecule has 132 valence electrons. The summed E-state index contributed by atoms with van der Waals surface area (Å²) >= 11 is 0. The number of esters is 1. The van der Waals surface area contributed by atoms with E-state index in [9.17, 15) is 14.4 Å². The normalized spacial score (nSPS) is 10.6. The highest BCUT2D eigenvalue weighted by molar-refractivity contribution is 6.00. The van der Waals surface area contributed by atoms with E-state index in [1.807, 2.05) is 5.32 Å². The lowest BCUT2D eigenvalue weighted by Crippen LogP contribution is -2.44. The molecule has 0 heterocycles. The summed E-state index contributed by atoms with van der Waals surface area (Å²) in [5.74, 6) is -1.12. The Morgan fingerprint density at radius 2 is 1.88 bits per heavy atom. The van der Waals surface area contributed by atoms with Crippen molar-refractivity contribution in [2.75, 3.05) is 13.7 Å². The van der Waals surface area contributed by atoms with Gasteiger partial charge in [0.2, 0.25) is 0 Å². The third-order valence-electron chi connectivity index (χ3n) is 2.77. The molecule has 25 heavy (non-hydrogen) atoms. The largest absolute Gasteiger partial charge is 0.497 e. The van der Waals surface area contributed by atoms with E-state index in [0.717, 1.165) is 0 Å². The third-order valence-corrected chi connectivity index (χ3v) is 2.77. The lowest BCUT2D eigenvalue weighted by atomic mass is 10.1. The summed E-state index contributed by atoms with van der Waals surface area (Å²) in [7, 11) is 1.52. The summed E-state index contributed by atoms with van der Waals surface area (Å²) in [4.78, 5) is 34.7. The lowest BCUT2D eigenvalue weighted by Gasteiger charge is -2.09. The maximum atomic E-state index is 11.9. The highest BCUT2D eigenvalue weighted by Gasteiger charge is 2.15. The quantitative estimate of drug-likeness (QED) is 0.457. The fourth-order valence-electron chi connectivity index (χ4n) is 1.67. The van der Waals surface area contributed by atoms with Crippen LogP contribution in [0.3, 0.4) is 0 Å². The molecular weight excluding hydrogens is 326 g/mol. The smallest absolute Gasteiger partial charge is 0.349 e. The van der Waals surface area contributed by atoms with Crippen molar-refractivity contribution in [1.82, 2.24) is 10.6 Å². The molecule has 0 aliphatic heterocycles. The zero-order valence-corrected chi connectivity index (χ0v) is 14.2. The van der Waals surface area contributed by atoms with Gasteiger partial charge in [0, 0.05) is 6.04 Å². The van der Waals surface area contributed by atoms with Crippen LogP contribution in [0, 0.1) is 11.3 Å². The van der Waals surface area contributed by atoms with Crippen LogP contribution in [-0.4, -0.2) is 37.7 Å². The molecular formula is C17H19N3O5. The summed E-state index contributed by atoms with van der Waals surface area (Å²) in [5.41, 5.74) is 0.319. The molecule has 0 bridgehead atoms. The SMILES string of the molecule is COc1ccc(/C=C(\C#N)C(=O)OCC(=O)NC(=O)NC(C)C)cc1. The number of hydrogen-bond acceptors (Lipinski definition) is 6. The van der Waals surface area contributed by atoms with Gasteiger partial charge in [0.25, 0.3) is 5.91 Å². The summed E-state index contributed by atoms with van der Waals surface area (Å²) in [6.45, 7) is 2.78. The fraction of sp³-hybridized carbons (Fsp3) is 0.294. The highest BCUT2D eigenvalue weighted by Crippen LogP contribution is 2.14. The Kier molecular flexibility index (Phi) is 7.66. The number of amides is 3. The number of hydrogen-bond donors (Lipinski definition) is 2. The van der Waals surface area contributed by atoms with E-state index in [4.69, 9.17) is 14.7 Å². The predicted molar refractivity (Wildman–Crippen MR) is 89.4 cm³/mol. The molecule has 0 aliphatic rings. The van der Waals surface area contributed by atoms with Gasteiger partial charge in [-0.05, 0) is 37.6 Å². The lowest BCUT2D eigenvalue weighted by molar-refractivity contribution is -0.144. The first kappa shape index (κ1) is 19.7. The molecule has 1 aromatic rings. The van der Waals surface area contributed by atoms with Gasteiger partial charge >= 0.3 is 12.0 Å². The van der Waals surface area contributed by atoms with E-state index in [2.05, 4.69) is 5.32 Å². The Morgan fingerprint density at radius 1 is 1.24 bits per heavy atom. The molecule has 8 heteroatoms. The van der Waals surface area contributed by atoms with E-state index in [-0.39, 0.29) is 11.6 Å². The Morgan fingerprint density at radius 3 is 2.40 bits per heavy atom. The van der Waals surface area contributed by atoms with Crippen molar-refractivity contribution in [3.05, 3.63) is 35.4 Å². The van der Waals surface area contributed by atoms with Gasteiger partial charge in [0.15, 0.2) is 6.61 Å². The molecule has 1 aromatic carbocycles. The number of ether oxygens (including phenoxy) is 2. The van der Waals surface area contributed by atoms with Crippen molar-refractivity contribution in [2.45, 2.75) is 19.9 Å². The van der Waals surface area contributed by atoms with E-state index in [0.29, 0.717) is 11.3 Å². The second-order valence-electron chi connectivity index (χ2n) is 5.20.